The van der Waals surface area contributed by atoms with E-state index in [0.29, 0.717) is 28.9 Å². The number of para-hydroxylation sites is 1. The van der Waals surface area contributed by atoms with Gasteiger partial charge in [-0.25, -0.2) is 4.79 Å². The van der Waals surface area contributed by atoms with Crippen molar-refractivity contribution in [3.63, 3.8) is 0 Å². The Hall–Kier alpha value is -2.04. The number of carboxylic acid groups (broad SMARTS) is 1. The Morgan fingerprint density at radius 2 is 2.10 bits per heavy atom. The lowest BCUT2D eigenvalue weighted by atomic mass is 9.84. The van der Waals surface area contributed by atoms with Gasteiger partial charge < -0.3 is 15.3 Å². The van der Waals surface area contributed by atoms with Gasteiger partial charge in [-0.1, -0.05) is 18.9 Å². The SMILES string of the molecule is O=C(O)c1cccc2c1N1C(CC3CCCCC31)C(=O)N2. The zero-order chi connectivity index (χ0) is 14.6. The third-order valence-electron chi connectivity index (χ3n) is 5.17. The van der Waals surface area contributed by atoms with Gasteiger partial charge in [-0.15, -0.1) is 0 Å². The molecule has 2 heterocycles. The number of amides is 1. The van der Waals surface area contributed by atoms with E-state index < -0.39 is 5.97 Å². The zero-order valence-corrected chi connectivity index (χ0v) is 11.7. The van der Waals surface area contributed by atoms with E-state index >= 15 is 0 Å². The summed E-state index contributed by atoms with van der Waals surface area (Å²) in [5.74, 6) is -0.400. The summed E-state index contributed by atoms with van der Waals surface area (Å²) in [5.41, 5.74) is 1.65. The van der Waals surface area contributed by atoms with E-state index in [1.165, 1.54) is 6.42 Å². The van der Waals surface area contributed by atoms with Crippen LogP contribution in [0, 0.1) is 5.92 Å². The summed E-state index contributed by atoms with van der Waals surface area (Å²) in [4.78, 5) is 26.0. The molecule has 110 valence electrons. The number of fused-ring (bicyclic) bond motifs is 5. The molecule has 5 nitrogen and oxygen atoms in total. The maximum Gasteiger partial charge on any atom is 0.337 e. The lowest BCUT2D eigenvalue weighted by Crippen LogP contribution is -2.48. The smallest absolute Gasteiger partial charge is 0.337 e. The Bertz CT molecular complexity index is 628. The van der Waals surface area contributed by atoms with Gasteiger partial charge in [-0.3, -0.25) is 4.79 Å². The van der Waals surface area contributed by atoms with E-state index in [0.717, 1.165) is 25.7 Å². The van der Waals surface area contributed by atoms with Crippen molar-refractivity contribution < 1.29 is 14.7 Å². The van der Waals surface area contributed by atoms with Gasteiger partial charge in [0.1, 0.15) is 6.04 Å². The number of nitrogens with zero attached hydrogens (tertiary/aromatic N) is 1. The molecular weight excluding hydrogens is 268 g/mol. The molecule has 1 saturated heterocycles. The van der Waals surface area contributed by atoms with Gasteiger partial charge in [0.05, 0.1) is 16.9 Å². The summed E-state index contributed by atoms with van der Waals surface area (Å²) >= 11 is 0. The number of rotatable bonds is 1. The zero-order valence-electron chi connectivity index (χ0n) is 11.7. The lowest BCUT2D eigenvalue weighted by Gasteiger charge is -2.39. The molecule has 1 amide bonds. The Balaban J connectivity index is 1.87. The standard InChI is InChI=1S/C16H18N2O3/c19-15-13-8-9-4-1-2-7-12(9)18(13)14-10(16(20)21)5-3-6-11(14)17-15/h3,5-6,9,12-13H,1-2,4,7-8H2,(H,17,19)(H,20,21). The van der Waals surface area contributed by atoms with Crippen molar-refractivity contribution in [3.8, 4) is 0 Å². The number of hydrogen-bond acceptors (Lipinski definition) is 3. The second-order valence-electron chi connectivity index (χ2n) is 6.27. The maximum absolute atomic E-state index is 12.4. The second kappa shape index (κ2) is 4.48. The average molecular weight is 286 g/mol. The highest BCUT2D eigenvalue weighted by molar-refractivity contribution is 6.09. The van der Waals surface area contributed by atoms with E-state index in [1.807, 2.05) is 0 Å². The fraction of sp³-hybridized carbons (Fsp3) is 0.500. The molecule has 4 rings (SSSR count). The van der Waals surface area contributed by atoms with Crippen molar-refractivity contribution in [1.82, 2.24) is 0 Å². The number of hydrogen-bond donors (Lipinski definition) is 2. The fourth-order valence-corrected chi connectivity index (χ4v) is 4.33. The van der Waals surface area contributed by atoms with E-state index in [2.05, 4.69) is 10.2 Å². The minimum atomic E-state index is -0.930. The summed E-state index contributed by atoms with van der Waals surface area (Å²) in [5, 5.41) is 12.4. The number of carbonyl (C=O) groups excluding carboxylic acids is 1. The quantitative estimate of drug-likeness (QED) is 0.832. The van der Waals surface area contributed by atoms with Gasteiger partial charge in [0.2, 0.25) is 5.91 Å². The van der Waals surface area contributed by atoms with Crippen LogP contribution in [0.1, 0.15) is 42.5 Å². The predicted octanol–water partition coefficient (Wildman–Crippen LogP) is 2.47. The number of anilines is 2. The van der Waals surface area contributed by atoms with Gasteiger partial charge in [0, 0.05) is 6.04 Å². The third-order valence-corrected chi connectivity index (χ3v) is 5.17. The van der Waals surface area contributed by atoms with Crippen LogP contribution in [0.5, 0.6) is 0 Å². The molecule has 3 aliphatic rings. The summed E-state index contributed by atoms with van der Waals surface area (Å²) in [6.45, 7) is 0. The second-order valence-corrected chi connectivity index (χ2v) is 6.27. The number of carbonyl (C=O) groups is 2. The Morgan fingerprint density at radius 1 is 1.29 bits per heavy atom. The van der Waals surface area contributed by atoms with E-state index in [-0.39, 0.29) is 11.9 Å². The van der Waals surface area contributed by atoms with E-state index in [4.69, 9.17) is 0 Å². The molecule has 1 aliphatic carbocycles. The van der Waals surface area contributed by atoms with E-state index in [1.54, 1.807) is 18.2 Å². The summed E-state index contributed by atoms with van der Waals surface area (Å²) < 4.78 is 0. The van der Waals surface area contributed by atoms with E-state index in [9.17, 15) is 14.7 Å². The molecule has 1 aromatic carbocycles. The maximum atomic E-state index is 12.4. The van der Waals surface area contributed by atoms with Gasteiger partial charge in [-0.2, -0.15) is 0 Å². The van der Waals surface area contributed by atoms with Crippen LogP contribution in [0.4, 0.5) is 11.4 Å². The summed E-state index contributed by atoms with van der Waals surface area (Å²) in [7, 11) is 0. The molecule has 3 unspecified atom stereocenters. The topological polar surface area (TPSA) is 69.6 Å². The molecule has 0 aromatic heterocycles. The van der Waals surface area contributed by atoms with Crippen molar-refractivity contribution in [2.45, 2.75) is 44.2 Å². The first-order chi connectivity index (χ1) is 10.2. The van der Waals surface area contributed by atoms with Gasteiger partial charge in [0.25, 0.3) is 0 Å². The highest BCUT2D eigenvalue weighted by Crippen LogP contribution is 2.48. The number of carboxylic acids is 1. The van der Waals surface area contributed by atoms with Crippen LogP contribution in [0.2, 0.25) is 0 Å². The number of aromatic carboxylic acids is 1. The molecule has 1 saturated carbocycles. The van der Waals surface area contributed by atoms with Crippen LogP contribution in [-0.4, -0.2) is 29.1 Å². The van der Waals surface area contributed by atoms with Crippen LogP contribution in [0.25, 0.3) is 0 Å². The van der Waals surface area contributed by atoms with Gasteiger partial charge in [0.15, 0.2) is 0 Å². The average Bonchev–Trinajstić information content (AvgIpc) is 2.87. The van der Waals surface area contributed by atoms with Crippen molar-refractivity contribution >= 4 is 23.3 Å². The number of benzene rings is 1. The monoisotopic (exact) mass is 286 g/mol. The molecule has 5 heteroatoms. The molecule has 21 heavy (non-hydrogen) atoms. The fourth-order valence-electron chi connectivity index (χ4n) is 4.33. The molecule has 2 aliphatic heterocycles. The normalized spacial score (nSPS) is 30.2. The Morgan fingerprint density at radius 3 is 2.90 bits per heavy atom. The van der Waals surface area contributed by atoms with Crippen LogP contribution >= 0.6 is 0 Å². The predicted molar refractivity (Wildman–Crippen MR) is 78.7 cm³/mol. The lowest BCUT2D eigenvalue weighted by molar-refractivity contribution is -0.117. The Labute approximate surface area is 122 Å². The van der Waals surface area contributed by atoms with Crippen LogP contribution < -0.4 is 10.2 Å². The third kappa shape index (κ3) is 1.76. The molecule has 2 N–H and O–H groups in total. The minimum Gasteiger partial charge on any atom is -0.478 e. The molecule has 0 radical (unpaired) electrons. The first kappa shape index (κ1) is 12.7. The molecule has 2 fully saturated rings. The van der Waals surface area contributed by atoms with Crippen molar-refractivity contribution in [2.75, 3.05) is 10.2 Å². The largest absolute Gasteiger partial charge is 0.478 e. The minimum absolute atomic E-state index is 0.0134. The van der Waals surface area contributed by atoms with Crippen LogP contribution in [-0.2, 0) is 4.79 Å². The van der Waals surface area contributed by atoms with Crippen molar-refractivity contribution in [1.29, 1.82) is 0 Å². The van der Waals surface area contributed by atoms with Crippen molar-refractivity contribution in [2.24, 2.45) is 5.92 Å². The first-order valence-electron chi connectivity index (χ1n) is 7.62. The van der Waals surface area contributed by atoms with Crippen LogP contribution in [0.15, 0.2) is 18.2 Å². The number of nitrogens with one attached hydrogen (secondary N) is 1. The molecule has 0 bridgehead atoms. The van der Waals surface area contributed by atoms with Crippen molar-refractivity contribution in [3.05, 3.63) is 23.8 Å². The first-order valence-corrected chi connectivity index (χ1v) is 7.62. The Kier molecular flexibility index (Phi) is 2.71. The molecule has 0 spiro atoms. The van der Waals surface area contributed by atoms with Gasteiger partial charge in [-0.05, 0) is 37.3 Å². The highest BCUT2D eigenvalue weighted by atomic mass is 16.4. The summed E-state index contributed by atoms with van der Waals surface area (Å²) in [6.07, 6.45) is 5.44. The molecular formula is C16H18N2O3. The molecule has 3 atom stereocenters. The highest BCUT2D eigenvalue weighted by Gasteiger charge is 2.49. The van der Waals surface area contributed by atoms with Crippen LogP contribution in [0.3, 0.4) is 0 Å². The van der Waals surface area contributed by atoms with Gasteiger partial charge >= 0.3 is 5.97 Å². The molecule has 1 aromatic rings. The summed E-state index contributed by atoms with van der Waals surface area (Å²) in [6, 6.07) is 5.23.